The summed E-state index contributed by atoms with van der Waals surface area (Å²) < 4.78 is 0. The average molecular weight is 601 g/mol. The maximum absolute atomic E-state index is 2.86. The van der Waals surface area contributed by atoms with Gasteiger partial charge < -0.3 is 4.90 Å². The zero-order chi connectivity index (χ0) is 29.0. The number of hydrogen-bond acceptors (Lipinski definition) is 1. The van der Waals surface area contributed by atoms with Crippen molar-refractivity contribution in [3.05, 3.63) is 0 Å². The van der Waals surface area contributed by atoms with Crippen LogP contribution >= 0.6 is 12.4 Å². The standard InChI is InChI=1S/C39H81N.ClH/c1-4-7-10-13-16-19-22-25-28-31-34-37-40(38-35-32-29-26-23-20-17-14-11-8-5-2)39-36-33-30-27-24-21-18-15-12-9-6-3;/h4-39H2,1-3H3;1H. The Morgan fingerprint density at radius 1 is 0.220 bits per heavy atom. The van der Waals surface area contributed by atoms with Gasteiger partial charge in [0.2, 0.25) is 0 Å². The van der Waals surface area contributed by atoms with Crippen molar-refractivity contribution in [2.45, 2.75) is 233 Å². The Morgan fingerprint density at radius 2 is 0.366 bits per heavy atom. The van der Waals surface area contributed by atoms with E-state index in [2.05, 4.69) is 25.7 Å². The van der Waals surface area contributed by atoms with Crippen LogP contribution in [0.4, 0.5) is 0 Å². The summed E-state index contributed by atoms with van der Waals surface area (Å²) in [6.07, 6.45) is 48.1. The van der Waals surface area contributed by atoms with Crippen LogP contribution in [0.3, 0.4) is 0 Å². The Bertz CT molecular complexity index is 364. The van der Waals surface area contributed by atoms with E-state index in [4.69, 9.17) is 0 Å². The molecule has 0 spiro atoms. The summed E-state index contributed by atoms with van der Waals surface area (Å²) >= 11 is 0. The molecule has 0 aliphatic carbocycles. The van der Waals surface area contributed by atoms with E-state index >= 15 is 0 Å². The van der Waals surface area contributed by atoms with E-state index in [9.17, 15) is 0 Å². The number of hydrogen-bond donors (Lipinski definition) is 0. The summed E-state index contributed by atoms with van der Waals surface area (Å²) in [6.45, 7) is 11.1. The Hall–Kier alpha value is 0.250. The summed E-state index contributed by atoms with van der Waals surface area (Å²) in [5.74, 6) is 0. The molecule has 0 saturated heterocycles. The Labute approximate surface area is 269 Å². The second-order valence-electron chi connectivity index (χ2n) is 13.4. The summed E-state index contributed by atoms with van der Waals surface area (Å²) in [5.41, 5.74) is 0. The summed E-state index contributed by atoms with van der Waals surface area (Å²) in [5, 5.41) is 0. The van der Waals surface area contributed by atoms with Crippen LogP contribution in [0.5, 0.6) is 0 Å². The zero-order valence-electron chi connectivity index (χ0n) is 29.3. The first kappa shape index (κ1) is 43.4. The van der Waals surface area contributed by atoms with Gasteiger partial charge in [-0.15, -0.1) is 12.4 Å². The number of halogens is 1. The molecular weight excluding hydrogens is 518 g/mol. The van der Waals surface area contributed by atoms with E-state index in [0.717, 1.165) is 0 Å². The van der Waals surface area contributed by atoms with Gasteiger partial charge in [-0.3, -0.25) is 0 Å². The minimum absolute atomic E-state index is 0. The Morgan fingerprint density at radius 3 is 0.537 bits per heavy atom. The first-order chi connectivity index (χ1) is 19.8. The summed E-state index contributed by atoms with van der Waals surface area (Å²) in [4.78, 5) is 2.86. The maximum Gasteiger partial charge on any atom is -0.00187 e. The molecule has 0 aliphatic rings. The minimum Gasteiger partial charge on any atom is -0.303 e. The Balaban J connectivity index is 0. The van der Waals surface area contributed by atoms with Crippen molar-refractivity contribution >= 4 is 12.4 Å². The molecule has 0 saturated carbocycles. The lowest BCUT2D eigenvalue weighted by Gasteiger charge is -2.22. The van der Waals surface area contributed by atoms with Crippen LogP contribution in [-0.4, -0.2) is 24.5 Å². The van der Waals surface area contributed by atoms with Gasteiger partial charge in [0.05, 0.1) is 0 Å². The van der Waals surface area contributed by atoms with E-state index < -0.39 is 0 Å². The molecule has 0 fully saturated rings. The van der Waals surface area contributed by atoms with Crippen LogP contribution < -0.4 is 0 Å². The highest BCUT2D eigenvalue weighted by Crippen LogP contribution is 2.15. The largest absolute Gasteiger partial charge is 0.303 e. The molecule has 0 rings (SSSR count). The molecule has 0 aromatic heterocycles. The molecule has 0 aliphatic heterocycles. The molecule has 0 bridgehead atoms. The highest BCUT2D eigenvalue weighted by molar-refractivity contribution is 5.85. The summed E-state index contributed by atoms with van der Waals surface area (Å²) in [7, 11) is 0. The zero-order valence-corrected chi connectivity index (χ0v) is 30.1. The van der Waals surface area contributed by atoms with Crippen LogP contribution in [0.2, 0.25) is 0 Å². The number of rotatable bonds is 36. The third kappa shape index (κ3) is 38.2. The first-order valence-electron chi connectivity index (χ1n) is 19.6. The molecule has 0 amide bonds. The van der Waals surface area contributed by atoms with Crippen molar-refractivity contribution < 1.29 is 0 Å². The SMILES string of the molecule is CCCCCCCCCCCCCN(CCCCCCCCCCCCC)CCCCCCCCCCCCC.Cl. The number of nitrogens with zero attached hydrogens (tertiary/aromatic N) is 1. The highest BCUT2D eigenvalue weighted by atomic mass is 35.5. The molecule has 41 heavy (non-hydrogen) atoms. The van der Waals surface area contributed by atoms with Gasteiger partial charge >= 0.3 is 0 Å². The van der Waals surface area contributed by atoms with Crippen LogP contribution in [0, 0.1) is 0 Å². The van der Waals surface area contributed by atoms with Crippen LogP contribution in [0.25, 0.3) is 0 Å². The van der Waals surface area contributed by atoms with Crippen LogP contribution in [0.15, 0.2) is 0 Å². The van der Waals surface area contributed by atoms with E-state index in [-0.39, 0.29) is 12.4 Å². The second-order valence-corrected chi connectivity index (χ2v) is 13.4. The second kappa shape index (κ2) is 40.2. The highest BCUT2D eigenvalue weighted by Gasteiger charge is 2.05. The van der Waals surface area contributed by atoms with E-state index in [1.54, 1.807) is 0 Å². The average Bonchev–Trinajstić information content (AvgIpc) is 2.97. The van der Waals surface area contributed by atoms with E-state index in [1.165, 1.54) is 232 Å². The monoisotopic (exact) mass is 600 g/mol. The van der Waals surface area contributed by atoms with Crippen molar-refractivity contribution in [3.8, 4) is 0 Å². The fourth-order valence-corrected chi connectivity index (χ4v) is 6.33. The third-order valence-corrected chi connectivity index (χ3v) is 9.23. The van der Waals surface area contributed by atoms with E-state index in [1.807, 2.05) is 0 Å². The molecule has 0 atom stereocenters. The van der Waals surface area contributed by atoms with E-state index in [0.29, 0.717) is 0 Å². The van der Waals surface area contributed by atoms with Crippen molar-refractivity contribution in [3.63, 3.8) is 0 Å². The molecule has 250 valence electrons. The lowest BCUT2D eigenvalue weighted by atomic mass is 10.0. The van der Waals surface area contributed by atoms with Gasteiger partial charge in [-0.1, -0.05) is 213 Å². The van der Waals surface area contributed by atoms with Crippen molar-refractivity contribution in [2.24, 2.45) is 0 Å². The molecule has 1 nitrogen and oxygen atoms in total. The molecule has 0 unspecified atom stereocenters. The quantitative estimate of drug-likeness (QED) is 0.0647. The van der Waals surface area contributed by atoms with Gasteiger partial charge in [0, 0.05) is 0 Å². The molecule has 2 heteroatoms. The fourth-order valence-electron chi connectivity index (χ4n) is 6.33. The number of unbranched alkanes of at least 4 members (excludes halogenated alkanes) is 30. The predicted octanol–water partition coefficient (Wildman–Crippen LogP) is 14.6. The van der Waals surface area contributed by atoms with Gasteiger partial charge in [-0.25, -0.2) is 0 Å². The van der Waals surface area contributed by atoms with Gasteiger partial charge in [0.25, 0.3) is 0 Å². The Kier molecular flexibility index (Phi) is 42.6. The van der Waals surface area contributed by atoms with Crippen LogP contribution in [0.1, 0.15) is 233 Å². The third-order valence-electron chi connectivity index (χ3n) is 9.23. The van der Waals surface area contributed by atoms with Crippen LogP contribution in [-0.2, 0) is 0 Å². The van der Waals surface area contributed by atoms with Gasteiger partial charge in [0.1, 0.15) is 0 Å². The minimum atomic E-state index is 0. The molecule has 0 aromatic rings. The molecule has 0 heterocycles. The van der Waals surface area contributed by atoms with Gasteiger partial charge in [0.15, 0.2) is 0 Å². The fraction of sp³-hybridized carbons (Fsp3) is 1.00. The molecule has 0 aromatic carbocycles. The van der Waals surface area contributed by atoms with Crippen molar-refractivity contribution in [1.29, 1.82) is 0 Å². The first-order valence-corrected chi connectivity index (χ1v) is 19.6. The lowest BCUT2D eigenvalue weighted by Crippen LogP contribution is -2.27. The molecule has 0 radical (unpaired) electrons. The smallest absolute Gasteiger partial charge is 0.00187 e. The topological polar surface area (TPSA) is 3.24 Å². The predicted molar refractivity (Wildman–Crippen MR) is 193 cm³/mol. The van der Waals surface area contributed by atoms with Gasteiger partial charge in [-0.2, -0.15) is 0 Å². The molecule has 0 N–H and O–H groups in total. The van der Waals surface area contributed by atoms with Crippen molar-refractivity contribution in [2.75, 3.05) is 19.6 Å². The van der Waals surface area contributed by atoms with Gasteiger partial charge in [-0.05, 0) is 38.9 Å². The molecular formula is C39H82ClN. The lowest BCUT2D eigenvalue weighted by molar-refractivity contribution is 0.254. The normalized spacial score (nSPS) is 11.4. The van der Waals surface area contributed by atoms with Crippen molar-refractivity contribution in [1.82, 2.24) is 4.90 Å². The summed E-state index contributed by atoms with van der Waals surface area (Å²) in [6, 6.07) is 0. The maximum atomic E-state index is 2.86.